The van der Waals surface area contributed by atoms with Crippen molar-refractivity contribution in [1.29, 1.82) is 0 Å². The molecular weight excluding hydrogens is 327 g/mol. The Balaban J connectivity index is 2.24. The summed E-state index contributed by atoms with van der Waals surface area (Å²) in [6, 6.07) is 9.30. The summed E-state index contributed by atoms with van der Waals surface area (Å²) in [6.07, 6.45) is 0.980. The molecule has 0 N–H and O–H groups in total. The van der Waals surface area contributed by atoms with Gasteiger partial charge in [-0.25, -0.2) is 0 Å². The van der Waals surface area contributed by atoms with E-state index in [9.17, 15) is 7.87 Å². The Hall–Kier alpha value is -0.911. The number of carbonyl (C=O) groups excluding carboxylic acids is 1. The van der Waals surface area contributed by atoms with E-state index < -0.39 is 26.3 Å². The molecule has 0 bridgehead atoms. The van der Waals surface area contributed by atoms with Gasteiger partial charge in [0.1, 0.15) is 0 Å². The second-order valence-electron chi connectivity index (χ2n) is 3.60. The molecule has 17 heavy (non-hydrogen) atoms. The van der Waals surface area contributed by atoms with Gasteiger partial charge in [0, 0.05) is 0 Å². The van der Waals surface area contributed by atoms with Crippen LogP contribution in [0.1, 0.15) is 25.3 Å². The van der Waals surface area contributed by atoms with Crippen LogP contribution in [-0.2, 0) is 17.5 Å². The van der Waals surface area contributed by atoms with Crippen molar-refractivity contribution in [2.24, 2.45) is 0 Å². The molecule has 1 aromatic rings. The molecule has 0 aliphatic heterocycles. The first kappa shape index (κ1) is 14.2. The average Bonchev–Trinajstić information content (AvgIpc) is 2.35. The van der Waals surface area contributed by atoms with Crippen LogP contribution in [0.3, 0.4) is 0 Å². The van der Waals surface area contributed by atoms with E-state index in [1.54, 1.807) is 0 Å². The number of unbranched alkanes of at least 4 members (excludes halogenated alkanes) is 1. The van der Waals surface area contributed by atoms with E-state index in [4.69, 9.17) is 7.81 Å². The van der Waals surface area contributed by atoms with E-state index in [1.807, 2.05) is 37.3 Å². The van der Waals surface area contributed by atoms with Crippen LogP contribution in [0, 0.1) is 0 Å². The summed E-state index contributed by atoms with van der Waals surface area (Å²) in [5.41, 5.74) is 0.883. The fourth-order valence-electron chi connectivity index (χ4n) is 1.21. The van der Waals surface area contributed by atoms with Crippen molar-refractivity contribution in [3.8, 4) is 0 Å². The Morgan fingerprint density at radius 3 is 2.65 bits per heavy atom. The van der Waals surface area contributed by atoms with Crippen molar-refractivity contribution in [2.45, 2.75) is 30.8 Å². The van der Waals surface area contributed by atoms with Gasteiger partial charge in [-0.3, -0.25) is 0 Å². The number of benzene rings is 1. The molecule has 0 saturated carbocycles. The molecule has 0 saturated heterocycles. The first-order chi connectivity index (χ1) is 8.22. The third-order valence-electron chi connectivity index (χ3n) is 2.13. The van der Waals surface area contributed by atoms with Gasteiger partial charge in [-0.1, -0.05) is 0 Å². The van der Waals surface area contributed by atoms with Gasteiger partial charge in [0.2, 0.25) is 0 Å². The number of hydrogen-bond acceptors (Lipinski definition) is 4. The zero-order chi connectivity index (χ0) is 12.5. The molecule has 0 aliphatic carbocycles. The molecule has 4 nitrogen and oxygen atoms in total. The van der Waals surface area contributed by atoms with Gasteiger partial charge in [-0.15, -0.1) is 0 Å². The summed E-state index contributed by atoms with van der Waals surface area (Å²) in [5.74, 6) is 0. The van der Waals surface area contributed by atoms with Crippen molar-refractivity contribution in [2.75, 3.05) is 0 Å². The Labute approximate surface area is 109 Å². The van der Waals surface area contributed by atoms with Gasteiger partial charge in [-0.05, 0) is 0 Å². The molecule has 0 atom stereocenters. The second-order valence-corrected chi connectivity index (χ2v) is 7.74. The van der Waals surface area contributed by atoms with E-state index >= 15 is 0 Å². The molecule has 5 heteroatoms. The van der Waals surface area contributed by atoms with E-state index in [2.05, 4.69) is 0 Å². The van der Waals surface area contributed by atoms with Crippen molar-refractivity contribution >= 4 is 26.3 Å². The Morgan fingerprint density at radius 1 is 1.29 bits per heavy atom. The van der Waals surface area contributed by atoms with E-state index in [1.165, 1.54) is 0 Å². The van der Waals surface area contributed by atoms with Crippen LogP contribution >= 0.6 is 0 Å². The molecule has 0 fully saturated rings. The third kappa shape index (κ3) is 6.41. The molecule has 0 aromatic heterocycles. The normalized spacial score (nSPS) is 9.71. The number of rotatable bonds is 6. The van der Waals surface area contributed by atoms with Gasteiger partial charge in [-0.2, -0.15) is 0 Å². The summed E-state index contributed by atoms with van der Waals surface area (Å²) in [4.78, 5) is 11.2. The summed E-state index contributed by atoms with van der Waals surface area (Å²) in [6.45, 7) is 2.16. The quantitative estimate of drug-likeness (QED) is 0.589. The molecule has 92 valence electrons. The SMILES string of the molecule is CCC[CH2][Sn](=[O])[O]C(=O)OCc1ccccc1. The van der Waals surface area contributed by atoms with Crippen LogP contribution < -0.4 is 0 Å². The Kier molecular flexibility index (Phi) is 6.84. The molecule has 0 heterocycles. The van der Waals surface area contributed by atoms with E-state index in [-0.39, 0.29) is 6.61 Å². The Morgan fingerprint density at radius 2 is 2.00 bits per heavy atom. The zero-order valence-electron chi connectivity index (χ0n) is 9.85. The van der Waals surface area contributed by atoms with Crippen LogP contribution in [0.5, 0.6) is 0 Å². The third-order valence-corrected chi connectivity index (χ3v) is 5.43. The van der Waals surface area contributed by atoms with Gasteiger partial charge in [0.25, 0.3) is 0 Å². The van der Waals surface area contributed by atoms with Gasteiger partial charge < -0.3 is 0 Å². The zero-order valence-corrected chi connectivity index (χ0v) is 12.7. The standard InChI is InChI=1S/C8H8O3.C4H9.O.Sn/c9-8(10)11-6-7-4-2-1-3-5-7;1-3-4-2;;/h1-5H,6H2,(H,9,10);1,3-4H2,2H3;;/q;;;+1/p-1. The number of carbonyl (C=O) groups is 1. The maximum atomic E-state index is 11.4. The van der Waals surface area contributed by atoms with Crippen LogP contribution in [0.4, 0.5) is 4.79 Å². The van der Waals surface area contributed by atoms with Crippen LogP contribution in [0.2, 0.25) is 4.44 Å². The topological polar surface area (TPSA) is 52.6 Å². The molecule has 0 radical (unpaired) electrons. The average molecular weight is 343 g/mol. The van der Waals surface area contributed by atoms with Gasteiger partial charge in [0.15, 0.2) is 0 Å². The van der Waals surface area contributed by atoms with Crippen LogP contribution in [0.15, 0.2) is 30.3 Å². The molecule has 1 aromatic carbocycles. The van der Waals surface area contributed by atoms with Crippen molar-refractivity contribution < 1.29 is 15.7 Å². The van der Waals surface area contributed by atoms with Gasteiger partial charge >= 0.3 is 109 Å². The first-order valence-corrected chi connectivity index (χ1v) is 9.98. The van der Waals surface area contributed by atoms with Crippen molar-refractivity contribution in [3.05, 3.63) is 35.9 Å². The summed E-state index contributed by atoms with van der Waals surface area (Å²) >= 11 is -3.17. The van der Waals surface area contributed by atoms with Crippen molar-refractivity contribution in [1.82, 2.24) is 0 Å². The van der Waals surface area contributed by atoms with E-state index in [0.29, 0.717) is 4.44 Å². The minimum atomic E-state index is -3.17. The maximum absolute atomic E-state index is 11.4. The summed E-state index contributed by atoms with van der Waals surface area (Å²) in [7, 11) is 0. The molecule has 1 rings (SSSR count). The van der Waals surface area contributed by atoms with Gasteiger partial charge in [0.05, 0.1) is 0 Å². The molecule has 0 unspecified atom stereocenters. The molecule has 0 aliphatic rings. The number of hydrogen-bond donors (Lipinski definition) is 0. The fraction of sp³-hybridized carbons (Fsp3) is 0.417. The minimum absolute atomic E-state index is 0.157. The molecule has 0 amide bonds. The van der Waals surface area contributed by atoms with Crippen LogP contribution in [-0.4, -0.2) is 26.3 Å². The predicted octanol–water partition coefficient (Wildman–Crippen LogP) is 3.06. The monoisotopic (exact) mass is 344 g/mol. The molecule has 0 spiro atoms. The Bertz CT molecular complexity index is 364. The second kappa shape index (κ2) is 8.22. The summed E-state index contributed by atoms with van der Waals surface area (Å²) < 4.78 is 21.5. The fourth-order valence-corrected chi connectivity index (χ4v) is 4.03. The first-order valence-electron chi connectivity index (χ1n) is 5.63. The van der Waals surface area contributed by atoms with Crippen molar-refractivity contribution in [3.63, 3.8) is 0 Å². The molecular formula is C12H16O4Sn. The number of ether oxygens (including phenoxy) is 1. The van der Waals surface area contributed by atoms with E-state index in [0.717, 1.165) is 18.4 Å². The predicted molar refractivity (Wildman–Crippen MR) is 63.9 cm³/mol. The summed E-state index contributed by atoms with van der Waals surface area (Å²) in [5, 5.41) is 0. The van der Waals surface area contributed by atoms with Crippen LogP contribution in [0.25, 0.3) is 0 Å².